The zero-order valence-corrected chi connectivity index (χ0v) is 13.3. The van der Waals surface area contributed by atoms with Crippen LogP contribution in [0.25, 0.3) is 0 Å². The molecule has 122 valence electrons. The van der Waals surface area contributed by atoms with Gasteiger partial charge in [-0.2, -0.15) is 0 Å². The number of methoxy groups -OCH3 is 1. The maximum absolute atomic E-state index is 13.6. The van der Waals surface area contributed by atoms with Crippen molar-refractivity contribution < 1.29 is 13.9 Å². The van der Waals surface area contributed by atoms with Crippen molar-refractivity contribution in [2.75, 3.05) is 7.11 Å². The molecule has 0 saturated carbocycles. The molecule has 23 heavy (non-hydrogen) atoms. The Morgan fingerprint density at radius 3 is 3.13 bits per heavy atom. The van der Waals surface area contributed by atoms with Crippen LogP contribution in [0, 0.1) is 12.7 Å². The number of aryl methyl sites for hydroxylation is 2. The lowest BCUT2D eigenvalue weighted by Gasteiger charge is -2.24. The summed E-state index contributed by atoms with van der Waals surface area (Å²) in [6.07, 6.45) is 3.70. The van der Waals surface area contributed by atoms with Gasteiger partial charge < -0.3 is 14.6 Å². The molecular weight excluding hydrogens is 297 g/mol. The standard InChI is InChI=1S/C17H20FN3O2/c1-11-8-21-9-14(4-6-16(21)19-11)20-17(22)12-3-5-15(18)13(7-12)10-23-2/h3,5,7-8,14H,4,6,9-10H2,1-2H3,(H,20,22). The summed E-state index contributed by atoms with van der Waals surface area (Å²) in [5.41, 5.74) is 1.83. The number of halogens is 1. The summed E-state index contributed by atoms with van der Waals surface area (Å²) >= 11 is 0. The molecule has 1 amide bonds. The van der Waals surface area contributed by atoms with E-state index in [0.29, 0.717) is 17.7 Å². The van der Waals surface area contributed by atoms with Crippen LogP contribution in [0.15, 0.2) is 24.4 Å². The number of nitrogens with zero attached hydrogens (tertiary/aromatic N) is 2. The molecule has 0 spiro atoms. The molecule has 2 aromatic rings. The van der Waals surface area contributed by atoms with Gasteiger partial charge in [-0.3, -0.25) is 4.79 Å². The van der Waals surface area contributed by atoms with Gasteiger partial charge in [-0.05, 0) is 31.5 Å². The lowest BCUT2D eigenvalue weighted by molar-refractivity contribution is 0.0927. The minimum Gasteiger partial charge on any atom is -0.380 e. The topological polar surface area (TPSA) is 56.1 Å². The predicted molar refractivity (Wildman–Crippen MR) is 83.7 cm³/mol. The number of nitrogens with one attached hydrogen (secondary N) is 1. The van der Waals surface area contributed by atoms with Gasteiger partial charge in [0.1, 0.15) is 11.6 Å². The monoisotopic (exact) mass is 317 g/mol. The average molecular weight is 317 g/mol. The van der Waals surface area contributed by atoms with Crippen molar-refractivity contribution in [1.82, 2.24) is 14.9 Å². The second kappa shape index (κ2) is 6.50. The highest BCUT2D eigenvalue weighted by Crippen LogP contribution is 2.16. The molecule has 1 aliphatic rings. The van der Waals surface area contributed by atoms with Crippen molar-refractivity contribution in [1.29, 1.82) is 0 Å². The largest absolute Gasteiger partial charge is 0.380 e. The molecule has 0 radical (unpaired) electrons. The molecule has 0 aliphatic carbocycles. The van der Waals surface area contributed by atoms with E-state index in [2.05, 4.69) is 14.9 Å². The van der Waals surface area contributed by atoms with Crippen LogP contribution in [0.1, 0.15) is 33.9 Å². The Labute approximate surface area is 134 Å². The quantitative estimate of drug-likeness (QED) is 0.941. The lowest BCUT2D eigenvalue weighted by atomic mass is 10.1. The Bertz CT molecular complexity index is 727. The molecule has 1 aromatic heterocycles. The zero-order chi connectivity index (χ0) is 16.4. The number of imidazole rings is 1. The summed E-state index contributed by atoms with van der Waals surface area (Å²) < 4.78 is 20.7. The minimum atomic E-state index is -0.361. The minimum absolute atomic E-state index is 0.0551. The van der Waals surface area contributed by atoms with Crippen LogP contribution in [0.5, 0.6) is 0 Å². The molecule has 6 heteroatoms. The molecule has 5 nitrogen and oxygen atoms in total. The van der Waals surface area contributed by atoms with Gasteiger partial charge >= 0.3 is 0 Å². The van der Waals surface area contributed by atoms with Gasteiger partial charge in [0.25, 0.3) is 5.91 Å². The number of carbonyl (C=O) groups is 1. The van der Waals surface area contributed by atoms with Crippen LogP contribution in [0.2, 0.25) is 0 Å². The van der Waals surface area contributed by atoms with Gasteiger partial charge in [0.05, 0.1) is 12.3 Å². The third-order valence-electron chi connectivity index (χ3n) is 4.06. The molecule has 0 bridgehead atoms. The Hall–Kier alpha value is -2.21. The fourth-order valence-corrected chi connectivity index (χ4v) is 2.95. The number of hydrogen-bond donors (Lipinski definition) is 1. The first-order valence-electron chi connectivity index (χ1n) is 7.67. The molecule has 3 rings (SSSR count). The van der Waals surface area contributed by atoms with Gasteiger partial charge in [-0.25, -0.2) is 9.37 Å². The van der Waals surface area contributed by atoms with Crippen molar-refractivity contribution in [2.24, 2.45) is 0 Å². The van der Waals surface area contributed by atoms with E-state index in [-0.39, 0.29) is 24.4 Å². The van der Waals surface area contributed by atoms with E-state index in [1.165, 1.54) is 19.2 Å². The van der Waals surface area contributed by atoms with Crippen LogP contribution in [-0.4, -0.2) is 28.6 Å². The summed E-state index contributed by atoms with van der Waals surface area (Å²) in [6, 6.07) is 4.41. The van der Waals surface area contributed by atoms with Crippen molar-refractivity contribution in [3.63, 3.8) is 0 Å². The number of benzene rings is 1. The number of hydrogen-bond acceptors (Lipinski definition) is 3. The van der Waals surface area contributed by atoms with Crippen LogP contribution in [0.3, 0.4) is 0 Å². The molecule has 0 saturated heterocycles. The Morgan fingerprint density at radius 2 is 2.35 bits per heavy atom. The molecular formula is C17H20FN3O2. The summed E-state index contributed by atoms with van der Waals surface area (Å²) in [5, 5.41) is 3.02. The van der Waals surface area contributed by atoms with Crippen molar-refractivity contribution >= 4 is 5.91 Å². The first kappa shape index (κ1) is 15.7. The van der Waals surface area contributed by atoms with Crippen molar-refractivity contribution in [2.45, 2.75) is 39.0 Å². The second-order valence-corrected chi connectivity index (χ2v) is 5.90. The van der Waals surface area contributed by atoms with E-state index >= 15 is 0 Å². The number of aromatic nitrogens is 2. The lowest BCUT2D eigenvalue weighted by Crippen LogP contribution is -2.40. The highest BCUT2D eigenvalue weighted by atomic mass is 19.1. The molecule has 1 atom stereocenters. The zero-order valence-electron chi connectivity index (χ0n) is 13.3. The van der Waals surface area contributed by atoms with Gasteiger partial charge in [-0.1, -0.05) is 0 Å². The molecule has 1 aliphatic heterocycles. The number of ether oxygens (including phenoxy) is 1. The van der Waals surface area contributed by atoms with E-state index < -0.39 is 0 Å². The smallest absolute Gasteiger partial charge is 0.251 e. The predicted octanol–water partition coefficient (Wildman–Crippen LogP) is 2.22. The fourth-order valence-electron chi connectivity index (χ4n) is 2.95. The van der Waals surface area contributed by atoms with Gasteiger partial charge in [0.15, 0.2) is 0 Å². The van der Waals surface area contributed by atoms with E-state index in [1.54, 1.807) is 6.07 Å². The van der Waals surface area contributed by atoms with Gasteiger partial charge in [0, 0.05) is 43.4 Å². The number of amides is 1. The summed E-state index contributed by atoms with van der Waals surface area (Å²) in [5.74, 6) is 0.518. The maximum atomic E-state index is 13.6. The first-order chi connectivity index (χ1) is 11.1. The Kier molecular flexibility index (Phi) is 4.43. The third-order valence-corrected chi connectivity index (χ3v) is 4.06. The fraction of sp³-hybridized carbons (Fsp3) is 0.412. The Balaban J connectivity index is 1.69. The molecule has 0 fully saturated rings. The molecule has 1 N–H and O–H groups in total. The van der Waals surface area contributed by atoms with E-state index in [9.17, 15) is 9.18 Å². The van der Waals surface area contributed by atoms with E-state index in [4.69, 9.17) is 4.74 Å². The van der Waals surface area contributed by atoms with Crippen molar-refractivity contribution in [3.05, 3.63) is 52.9 Å². The third kappa shape index (κ3) is 3.42. The molecule has 1 unspecified atom stereocenters. The first-order valence-corrected chi connectivity index (χ1v) is 7.67. The second-order valence-electron chi connectivity index (χ2n) is 5.90. The highest BCUT2D eigenvalue weighted by molar-refractivity contribution is 5.94. The van der Waals surface area contributed by atoms with Crippen LogP contribution < -0.4 is 5.32 Å². The number of fused-ring (bicyclic) bond motifs is 1. The number of rotatable bonds is 4. The van der Waals surface area contributed by atoms with E-state index in [1.807, 2.05) is 13.1 Å². The van der Waals surface area contributed by atoms with E-state index in [0.717, 1.165) is 24.4 Å². The normalized spacial score (nSPS) is 16.9. The van der Waals surface area contributed by atoms with Gasteiger partial charge in [-0.15, -0.1) is 0 Å². The average Bonchev–Trinajstić information content (AvgIpc) is 2.89. The van der Waals surface area contributed by atoms with Crippen LogP contribution >= 0.6 is 0 Å². The summed E-state index contributed by atoms with van der Waals surface area (Å²) in [6.45, 7) is 2.83. The summed E-state index contributed by atoms with van der Waals surface area (Å²) in [4.78, 5) is 16.9. The number of carbonyl (C=O) groups excluding carboxylic acids is 1. The summed E-state index contributed by atoms with van der Waals surface area (Å²) in [7, 11) is 1.50. The maximum Gasteiger partial charge on any atom is 0.251 e. The SMILES string of the molecule is COCc1cc(C(=O)NC2CCc3nc(C)cn3C2)ccc1F. The van der Waals surface area contributed by atoms with Crippen molar-refractivity contribution in [3.8, 4) is 0 Å². The van der Waals surface area contributed by atoms with Crippen LogP contribution in [0.4, 0.5) is 4.39 Å². The van der Waals surface area contributed by atoms with Crippen LogP contribution in [-0.2, 0) is 24.3 Å². The highest BCUT2D eigenvalue weighted by Gasteiger charge is 2.22. The molecule has 1 aromatic carbocycles. The van der Waals surface area contributed by atoms with Gasteiger partial charge in [0.2, 0.25) is 0 Å². The molecule has 2 heterocycles. The Morgan fingerprint density at radius 1 is 1.52 bits per heavy atom.